The zero-order valence-electron chi connectivity index (χ0n) is 15.1. The SMILES string of the molecule is C[C@H]1C2=CCO[C@H]3CC(=O)N4c5ccccc5[C@]56CCN1[C@H]5C[C@@H]2[C@@H]3[C@H]46. The summed E-state index contributed by atoms with van der Waals surface area (Å²) in [6.45, 7) is 4.23. The van der Waals surface area contributed by atoms with Crippen LogP contribution in [0.25, 0.3) is 0 Å². The lowest BCUT2D eigenvalue weighted by Crippen LogP contribution is -2.70. The van der Waals surface area contributed by atoms with E-state index in [-0.39, 0.29) is 23.5 Å². The number of fused-ring (bicyclic) bond motifs is 2. The highest BCUT2D eigenvalue weighted by molar-refractivity contribution is 5.99. The third-order valence-electron chi connectivity index (χ3n) is 8.67. The lowest BCUT2D eigenvalue weighted by atomic mass is 9.53. The highest BCUT2D eigenvalue weighted by Gasteiger charge is 2.71. The van der Waals surface area contributed by atoms with Crippen molar-refractivity contribution in [2.24, 2.45) is 11.8 Å². The molecule has 134 valence electrons. The molecule has 1 aliphatic carbocycles. The Hall–Kier alpha value is -1.65. The van der Waals surface area contributed by atoms with Gasteiger partial charge < -0.3 is 9.64 Å². The summed E-state index contributed by atoms with van der Waals surface area (Å²) < 4.78 is 6.30. The molecule has 1 saturated carbocycles. The average Bonchev–Trinajstić information content (AvgIpc) is 3.12. The summed E-state index contributed by atoms with van der Waals surface area (Å²) >= 11 is 0. The fraction of sp³-hybridized carbons (Fsp3) is 0.591. The van der Waals surface area contributed by atoms with Crippen molar-refractivity contribution in [3.8, 4) is 0 Å². The van der Waals surface area contributed by atoms with E-state index in [4.69, 9.17) is 4.74 Å². The van der Waals surface area contributed by atoms with Gasteiger partial charge in [0.05, 0.1) is 25.2 Å². The maximum absolute atomic E-state index is 13.2. The van der Waals surface area contributed by atoms with E-state index in [0.29, 0.717) is 36.9 Å². The molecule has 3 saturated heterocycles. The van der Waals surface area contributed by atoms with Crippen molar-refractivity contribution in [3.05, 3.63) is 41.5 Å². The minimum Gasteiger partial charge on any atom is -0.373 e. The van der Waals surface area contributed by atoms with Crippen LogP contribution in [0.1, 0.15) is 31.7 Å². The number of carbonyl (C=O) groups is 1. The Balaban J connectivity index is 1.55. The molecule has 0 radical (unpaired) electrons. The molecule has 4 heteroatoms. The minimum atomic E-state index is 0.0917. The minimum absolute atomic E-state index is 0.0917. The van der Waals surface area contributed by atoms with Gasteiger partial charge in [-0.05, 0) is 37.3 Å². The van der Waals surface area contributed by atoms with E-state index < -0.39 is 0 Å². The first kappa shape index (κ1) is 14.4. The van der Waals surface area contributed by atoms with Crippen molar-refractivity contribution < 1.29 is 9.53 Å². The highest BCUT2D eigenvalue weighted by atomic mass is 16.5. The van der Waals surface area contributed by atoms with Crippen LogP contribution in [0, 0.1) is 11.8 Å². The van der Waals surface area contributed by atoms with Gasteiger partial charge in [0, 0.05) is 35.6 Å². The third kappa shape index (κ3) is 1.34. The zero-order chi connectivity index (χ0) is 17.2. The Morgan fingerprint density at radius 3 is 3.08 bits per heavy atom. The van der Waals surface area contributed by atoms with Gasteiger partial charge >= 0.3 is 0 Å². The molecule has 26 heavy (non-hydrogen) atoms. The number of hydrogen-bond acceptors (Lipinski definition) is 3. The highest BCUT2D eigenvalue weighted by Crippen LogP contribution is 2.66. The molecule has 6 aliphatic rings. The number of anilines is 1. The van der Waals surface area contributed by atoms with Crippen LogP contribution in [0.2, 0.25) is 0 Å². The van der Waals surface area contributed by atoms with Gasteiger partial charge in [-0.25, -0.2) is 0 Å². The number of nitrogens with zero attached hydrogens (tertiary/aromatic N) is 2. The van der Waals surface area contributed by atoms with Crippen molar-refractivity contribution in [3.63, 3.8) is 0 Å². The fourth-order valence-electron chi connectivity index (χ4n) is 7.93. The normalized spacial score (nSPS) is 47.5. The molecule has 2 bridgehead atoms. The summed E-state index contributed by atoms with van der Waals surface area (Å²) in [6, 6.07) is 10.1. The molecule has 7 rings (SSSR count). The molecule has 4 nitrogen and oxygen atoms in total. The van der Waals surface area contributed by atoms with Crippen molar-refractivity contribution in [2.75, 3.05) is 18.1 Å². The van der Waals surface area contributed by atoms with Crippen LogP contribution in [0.4, 0.5) is 5.69 Å². The Labute approximate surface area is 153 Å². The number of hydrogen-bond donors (Lipinski definition) is 0. The van der Waals surface area contributed by atoms with Gasteiger partial charge in [-0.3, -0.25) is 9.69 Å². The number of para-hydroxylation sites is 1. The quantitative estimate of drug-likeness (QED) is 0.676. The molecule has 1 amide bonds. The molecule has 7 atom stereocenters. The first-order valence-electron chi connectivity index (χ1n) is 10.2. The van der Waals surface area contributed by atoms with Gasteiger partial charge in [0.25, 0.3) is 0 Å². The van der Waals surface area contributed by atoms with Gasteiger partial charge in [-0.1, -0.05) is 29.8 Å². The lowest BCUT2D eigenvalue weighted by Gasteiger charge is -2.60. The molecule has 0 unspecified atom stereocenters. The fourth-order valence-corrected chi connectivity index (χ4v) is 7.93. The van der Waals surface area contributed by atoms with Crippen LogP contribution in [0.5, 0.6) is 0 Å². The van der Waals surface area contributed by atoms with Crippen LogP contribution < -0.4 is 4.90 Å². The van der Waals surface area contributed by atoms with E-state index >= 15 is 0 Å². The van der Waals surface area contributed by atoms with E-state index in [9.17, 15) is 4.79 Å². The first-order chi connectivity index (χ1) is 12.7. The van der Waals surface area contributed by atoms with E-state index in [1.807, 2.05) is 0 Å². The zero-order valence-corrected chi connectivity index (χ0v) is 15.1. The predicted molar refractivity (Wildman–Crippen MR) is 98.0 cm³/mol. The van der Waals surface area contributed by atoms with Gasteiger partial charge in [0.1, 0.15) is 0 Å². The maximum Gasteiger partial charge on any atom is 0.229 e. The van der Waals surface area contributed by atoms with Gasteiger partial charge in [0.2, 0.25) is 5.91 Å². The van der Waals surface area contributed by atoms with Crippen LogP contribution in [-0.2, 0) is 14.9 Å². The number of ether oxygens (including phenoxy) is 1. The molecule has 1 spiro atoms. The van der Waals surface area contributed by atoms with Crippen LogP contribution in [0.15, 0.2) is 35.9 Å². The molecule has 0 aromatic heterocycles. The van der Waals surface area contributed by atoms with Crippen molar-refractivity contribution in [2.45, 2.75) is 55.8 Å². The lowest BCUT2D eigenvalue weighted by molar-refractivity contribution is -0.132. The monoisotopic (exact) mass is 348 g/mol. The molecule has 1 aromatic carbocycles. The van der Waals surface area contributed by atoms with E-state index in [0.717, 1.165) is 6.54 Å². The Morgan fingerprint density at radius 2 is 2.15 bits per heavy atom. The Kier molecular flexibility index (Phi) is 2.45. The molecule has 4 fully saturated rings. The topological polar surface area (TPSA) is 32.8 Å². The Morgan fingerprint density at radius 1 is 1.27 bits per heavy atom. The standard InChI is InChI=1S/C22H24N2O2/c1-12-13-6-9-26-17-11-19(25)24-16-5-3-2-4-15(16)22-7-8-23(12)18(22)10-14(13)20(17)21(22)24/h2-6,12,14,17-18,20-21H,7-11H2,1H3/t12-,14-,17-,18-,20-,21-,22+/m0/s1. The number of benzene rings is 1. The van der Waals surface area contributed by atoms with Crippen molar-refractivity contribution in [1.29, 1.82) is 0 Å². The van der Waals surface area contributed by atoms with Gasteiger partial charge in [-0.15, -0.1) is 0 Å². The summed E-state index contributed by atoms with van der Waals surface area (Å²) in [6.07, 6.45) is 5.41. The van der Waals surface area contributed by atoms with E-state index in [1.165, 1.54) is 24.1 Å². The summed E-state index contributed by atoms with van der Waals surface area (Å²) in [5.74, 6) is 1.31. The number of piperidine rings is 2. The number of carbonyl (C=O) groups excluding carboxylic acids is 1. The largest absolute Gasteiger partial charge is 0.373 e. The second-order valence-corrected chi connectivity index (χ2v) is 9.15. The third-order valence-corrected chi connectivity index (χ3v) is 8.67. The average molecular weight is 348 g/mol. The smallest absolute Gasteiger partial charge is 0.229 e. The molecule has 1 aromatic rings. The van der Waals surface area contributed by atoms with Crippen molar-refractivity contribution in [1.82, 2.24) is 4.90 Å². The van der Waals surface area contributed by atoms with Crippen LogP contribution >= 0.6 is 0 Å². The number of amides is 1. The van der Waals surface area contributed by atoms with Crippen LogP contribution in [-0.4, -0.2) is 48.2 Å². The maximum atomic E-state index is 13.2. The van der Waals surface area contributed by atoms with Gasteiger partial charge in [-0.2, -0.15) is 0 Å². The van der Waals surface area contributed by atoms with Crippen LogP contribution in [0.3, 0.4) is 0 Å². The summed E-state index contributed by atoms with van der Waals surface area (Å²) in [4.78, 5) is 18.2. The summed E-state index contributed by atoms with van der Waals surface area (Å²) in [5.41, 5.74) is 4.33. The molecule has 0 N–H and O–H groups in total. The first-order valence-corrected chi connectivity index (χ1v) is 10.2. The van der Waals surface area contributed by atoms with Gasteiger partial charge in [0.15, 0.2) is 0 Å². The molecule has 5 aliphatic heterocycles. The second kappa shape index (κ2) is 4.42. The summed E-state index contributed by atoms with van der Waals surface area (Å²) in [5, 5.41) is 0. The Bertz CT molecular complexity index is 879. The number of rotatable bonds is 0. The molecule has 5 heterocycles. The predicted octanol–water partition coefficient (Wildman–Crippen LogP) is 2.48. The molecular formula is C22H24N2O2. The molecular weight excluding hydrogens is 324 g/mol. The second-order valence-electron chi connectivity index (χ2n) is 9.15. The summed E-state index contributed by atoms with van der Waals surface area (Å²) in [7, 11) is 0. The van der Waals surface area contributed by atoms with E-state index in [2.05, 4.69) is 47.1 Å². The van der Waals surface area contributed by atoms with Crippen molar-refractivity contribution >= 4 is 11.6 Å². The van der Waals surface area contributed by atoms with E-state index in [1.54, 1.807) is 5.57 Å².